The van der Waals surface area contributed by atoms with Crippen LogP contribution in [0.15, 0.2) is 90.0 Å². The van der Waals surface area contributed by atoms with Crippen LogP contribution in [0.1, 0.15) is 40.9 Å². The summed E-state index contributed by atoms with van der Waals surface area (Å²) in [5, 5.41) is 14.4. The first kappa shape index (κ1) is 35.5. The second kappa shape index (κ2) is 16.4. The minimum Gasteiger partial charge on any atom is -0.483 e. The Morgan fingerprint density at radius 3 is 2.11 bits per heavy atom. The van der Waals surface area contributed by atoms with Crippen LogP contribution in [-0.4, -0.2) is 80.4 Å². The highest BCUT2D eigenvalue weighted by atomic mass is 32.2. The van der Waals surface area contributed by atoms with E-state index < -0.39 is 28.1 Å². The lowest BCUT2D eigenvalue weighted by Gasteiger charge is -2.31. The maximum Gasteiger partial charge on any atom is 0.258 e. The number of hydrogen-bond acceptors (Lipinski definition) is 7. The van der Waals surface area contributed by atoms with E-state index in [4.69, 9.17) is 4.74 Å². The third-order valence-electron chi connectivity index (χ3n) is 7.13. The van der Waals surface area contributed by atoms with Gasteiger partial charge in [0.1, 0.15) is 5.75 Å². The summed E-state index contributed by atoms with van der Waals surface area (Å²) < 4.78 is 34.7. The van der Waals surface area contributed by atoms with Crippen molar-refractivity contribution >= 4 is 21.7 Å². The van der Waals surface area contributed by atoms with Crippen LogP contribution in [0.4, 0.5) is 0 Å². The molecular weight excluding hydrogens is 590 g/mol. The van der Waals surface area contributed by atoms with E-state index in [2.05, 4.69) is 5.32 Å². The van der Waals surface area contributed by atoms with Crippen molar-refractivity contribution < 1.29 is 27.9 Å². The van der Waals surface area contributed by atoms with E-state index in [0.717, 1.165) is 16.7 Å². The molecule has 0 aliphatic rings. The highest BCUT2D eigenvalue weighted by Gasteiger charge is 2.31. The molecule has 2 atom stereocenters. The maximum absolute atomic E-state index is 13.8. The zero-order valence-electron chi connectivity index (χ0n) is 26.9. The summed E-state index contributed by atoms with van der Waals surface area (Å²) in [5.41, 5.74) is 3.04. The summed E-state index contributed by atoms with van der Waals surface area (Å²) >= 11 is 0. The van der Waals surface area contributed by atoms with Gasteiger partial charge in [-0.1, -0.05) is 62.4 Å². The summed E-state index contributed by atoms with van der Waals surface area (Å²) in [6.07, 6.45) is 2.09. The Balaban J connectivity index is 1.82. The number of amides is 1. The number of ether oxygens (including phenoxy) is 1. The number of sulfonamides is 1. The number of aliphatic hydroxyl groups excluding tert-OH is 1. The Kier molecular flexibility index (Phi) is 12.9. The summed E-state index contributed by atoms with van der Waals surface area (Å²) in [6.45, 7) is 7.23. The topological polar surface area (TPSA) is 116 Å². The molecule has 2 N–H and O–H groups in total. The lowest BCUT2D eigenvalue weighted by molar-refractivity contribution is -0.124. The van der Waals surface area contributed by atoms with E-state index >= 15 is 0 Å². The molecule has 242 valence electrons. The lowest BCUT2D eigenvalue weighted by Crippen LogP contribution is -2.52. The van der Waals surface area contributed by atoms with Crippen molar-refractivity contribution in [2.75, 3.05) is 33.8 Å². The van der Waals surface area contributed by atoms with Crippen molar-refractivity contribution in [3.63, 3.8) is 0 Å². The third-order valence-corrected chi connectivity index (χ3v) is 8.97. The van der Waals surface area contributed by atoms with Crippen LogP contribution in [0.2, 0.25) is 0 Å². The Morgan fingerprint density at radius 1 is 0.911 bits per heavy atom. The monoisotopic (exact) mass is 635 g/mol. The molecule has 45 heavy (non-hydrogen) atoms. The van der Waals surface area contributed by atoms with Gasteiger partial charge < -0.3 is 20.1 Å². The van der Waals surface area contributed by atoms with Crippen LogP contribution in [0.25, 0.3) is 0 Å². The average Bonchev–Trinajstić information content (AvgIpc) is 2.99. The predicted octanol–water partition coefficient (Wildman–Crippen LogP) is 4.38. The molecule has 0 saturated carbocycles. The number of rotatable bonds is 16. The molecule has 0 bridgehead atoms. The smallest absolute Gasteiger partial charge is 0.258 e. The first-order chi connectivity index (χ1) is 21.3. The lowest BCUT2D eigenvalue weighted by atomic mass is 10.0. The Bertz CT molecular complexity index is 1530. The largest absolute Gasteiger partial charge is 0.483 e. The van der Waals surface area contributed by atoms with Gasteiger partial charge in [-0.3, -0.25) is 9.59 Å². The van der Waals surface area contributed by atoms with Crippen molar-refractivity contribution in [3.05, 3.63) is 107 Å². The normalized spacial score (nSPS) is 13.2. The van der Waals surface area contributed by atoms with Crippen LogP contribution in [0, 0.1) is 19.8 Å². The van der Waals surface area contributed by atoms with E-state index in [0.29, 0.717) is 11.3 Å². The number of aryl methyl sites for hydroxylation is 2. The predicted molar refractivity (Wildman–Crippen MR) is 177 cm³/mol. The summed E-state index contributed by atoms with van der Waals surface area (Å²) in [6, 6.07) is 20.1. The number of benzene rings is 3. The van der Waals surface area contributed by atoms with Gasteiger partial charge in [-0.25, -0.2) is 8.42 Å². The van der Waals surface area contributed by atoms with Gasteiger partial charge in [-0.15, -0.1) is 0 Å². The zero-order valence-corrected chi connectivity index (χ0v) is 27.8. The number of aliphatic hydroxyl groups is 1. The summed E-state index contributed by atoms with van der Waals surface area (Å²) in [5.74, 6) is -0.0944. The molecule has 3 aromatic carbocycles. The van der Waals surface area contributed by atoms with Gasteiger partial charge in [-0.2, -0.15) is 4.31 Å². The molecule has 0 radical (unpaired) electrons. The van der Waals surface area contributed by atoms with Crippen molar-refractivity contribution in [2.24, 2.45) is 5.92 Å². The van der Waals surface area contributed by atoms with Crippen LogP contribution >= 0.6 is 0 Å². The molecule has 0 aliphatic heterocycles. The van der Waals surface area contributed by atoms with E-state index in [1.165, 1.54) is 34.6 Å². The quantitative estimate of drug-likeness (QED) is 0.177. The number of hydrogen-bond donors (Lipinski definition) is 2. The second-order valence-corrected chi connectivity index (χ2v) is 13.8. The molecule has 0 unspecified atom stereocenters. The number of nitrogens with one attached hydrogen (secondary N) is 1. The molecule has 9 nitrogen and oxygen atoms in total. The SMILES string of the molecule is Cc1cccc(C)c1OCC(=O)N[C@@H](Cc1ccccc1)[C@H](O)CN(CC(C)C)S(=O)(=O)c1ccc(C(=O)C=CN(C)C)cc1. The van der Waals surface area contributed by atoms with Crippen molar-refractivity contribution in [1.82, 2.24) is 14.5 Å². The molecule has 3 rings (SSSR count). The van der Waals surface area contributed by atoms with Crippen LogP contribution in [0.5, 0.6) is 5.75 Å². The molecule has 0 spiro atoms. The van der Waals surface area contributed by atoms with E-state index in [1.807, 2.05) is 76.2 Å². The van der Waals surface area contributed by atoms with Crippen LogP contribution in [0.3, 0.4) is 0 Å². The highest BCUT2D eigenvalue weighted by molar-refractivity contribution is 7.89. The van der Waals surface area contributed by atoms with Gasteiger partial charge >= 0.3 is 0 Å². The van der Waals surface area contributed by atoms with Crippen LogP contribution < -0.4 is 10.1 Å². The molecular formula is C35H45N3O6S. The summed E-state index contributed by atoms with van der Waals surface area (Å²) in [7, 11) is -0.454. The van der Waals surface area contributed by atoms with Gasteiger partial charge in [-0.05, 0) is 67.1 Å². The maximum atomic E-state index is 13.8. The van der Waals surface area contributed by atoms with Crippen molar-refractivity contribution in [1.29, 1.82) is 0 Å². The molecule has 0 fully saturated rings. The number of ketones is 1. The fourth-order valence-corrected chi connectivity index (χ4v) is 6.45. The summed E-state index contributed by atoms with van der Waals surface area (Å²) in [4.78, 5) is 27.3. The average molecular weight is 636 g/mol. The highest BCUT2D eigenvalue weighted by Crippen LogP contribution is 2.23. The van der Waals surface area contributed by atoms with Crippen molar-refractivity contribution in [2.45, 2.75) is 51.2 Å². The minimum atomic E-state index is -4.05. The number of allylic oxidation sites excluding steroid dienone is 1. The number of carbonyl (C=O) groups is 2. The molecule has 0 aromatic heterocycles. The van der Waals surface area contributed by atoms with Gasteiger partial charge in [0, 0.05) is 45.0 Å². The molecule has 0 saturated heterocycles. The Labute approximate surface area is 267 Å². The van der Waals surface area contributed by atoms with Crippen LogP contribution in [-0.2, 0) is 21.2 Å². The molecule has 10 heteroatoms. The number of carbonyl (C=O) groups excluding carboxylic acids is 2. The van der Waals surface area contributed by atoms with E-state index in [1.54, 1.807) is 25.2 Å². The first-order valence-electron chi connectivity index (χ1n) is 15.0. The van der Waals surface area contributed by atoms with E-state index in [9.17, 15) is 23.1 Å². The van der Waals surface area contributed by atoms with Gasteiger partial charge in [0.2, 0.25) is 10.0 Å². The van der Waals surface area contributed by atoms with E-state index in [-0.39, 0.29) is 42.7 Å². The minimum absolute atomic E-state index is 0.00846. The molecule has 0 aliphatic carbocycles. The standard InChI is InChI=1S/C35H45N3O6S/c1-25(2)22-38(45(42,43)30-17-15-29(16-18-30)32(39)19-20-37(5)6)23-33(40)31(21-28-13-8-7-9-14-28)36-34(41)24-44-35-26(3)11-10-12-27(35)4/h7-20,25,31,33,40H,21-24H2,1-6H3,(H,36,41)/t31-,33+/m0/s1. The van der Waals surface area contributed by atoms with Gasteiger partial charge in [0.15, 0.2) is 12.4 Å². The van der Waals surface area contributed by atoms with Gasteiger partial charge in [0.05, 0.1) is 17.0 Å². The third kappa shape index (κ3) is 10.6. The second-order valence-electron chi connectivity index (χ2n) is 11.8. The van der Waals surface area contributed by atoms with Gasteiger partial charge in [0.25, 0.3) is 5.91 Å². The Morgan fingerprint density at radius 2 is 1.53 bits per heavy atom. The Hall–Kier alpha value is -3.99. The van der Waals surface area contributed by atoms with Crippen molar-refractivity contribution in [3.8, 4) is 5.75 Å². The zero-order chi connectivity index (χ0) is 33.1. The fourth-order valence-electron chi connectivity index (χ4n) is 4.83. The molecule has 3 aromatic rings. The first-order valence-corrected chi connectivity index (χ1v) is 16.4. The fraction of sp³-hybridized carbons (Fsp3) is 0.371. The molecule has 0 heterocycles. The number of para-hydroxylation sites is 1. The molecule has 1 amide bonds. The number of nitrogens with zero attached hydrogens (tertiary/aromatic N) is 2.